The zero-order valence-electron chi connectivity index (χ0n) is 9.29. The van der Waals surface area contributed by atoms with Gasteiger partial charge in [-0.1, -0.05) is 13.3 Å². The van der Waals surface area contributed by atoms with Gasteiger partial charge < -0.3 is 10.6 Å². The first-order valence-corrected chi connectivity index (χ1v) is 5.76. The van der Waals surface area contributed by atoms with E-state index < -0.39 is 0 Å². The predicted octanol–water partition coefficient (Wildman–Crippen LogP) is 1.18. The highest BCUT2D eigenvalue weighted by molar-refractivity contribution is 5.85. The van der Waals surface area contributed by atoms with E-state index in [1.807, 2.05) is 0 Å². The summed E-state index contributed by atoms with van der Waals surface area (Å²) >= 11 is 0. The van der Waals surface area contributed by atoms with Crippen molar-refractivity contribution in [3.05, 3.63) is 0 Å². The molecule has 0 radical (unpaired) electrons. The number of carbonyl (C=O) groups is 1. The SMILES string of the molecule is C[C@@H]1CNC[C@H]1C(=O)NCC1CCC1.Cl. The van der Waals surface area contributed by atoms with Crippen LogP contribution in [-0.2, 0) is 4.79 Å². The molecule has 1 amide bonds. The summed E-state index contributed by atoms with van der Waals surface area (Å²) in [6.07, 6.45) is 3.96. The molecule has 2 N–H and O–H groups in total. The molecule has 0 aromatic heterocycles. The zero-order chi connectivity index (χ0) is 9.97. The fourth-order valence-corrected chi connectivity index (χ4v) is 2.23. The van der Waals surface area contributed by atoms with Crippen LogP contribution < -0.4 is 10.6 Å². The molecule has 0 unspecified atom stereocenters. The Balaban J connectivity index is 0.00000112. The van der Waals surface area contributed by atoms with Crippen LogP contribution in [0.1, 0.15) is 26.2 Å². The van der Waals surface area contributed by atoms with Gasteiger partial charge in [0.25, 0.3) is 0 Å². The molecule has 1 aliphatic heterocycles. The van der Waals surface area contributed by atoms with Crippen LogP contribution in [0.4, 0.5) is 0 Å². The average molecular weight is 233 g/mol. The summed E-state index contributed by atoms with van der Waals surface area (Å²) in [5.74, 6) is 1.73. The van der Waals surface area contributed by atoms with E-state index >= 15 is 0 Å². The summed E-state index contributed by atoms with van der Waals surface area (Å²) in [7, 11) is 0. The Bertz CT molecular complexity index is 219. The normalized spacial score (nSPS) is 30.5. The molecule has 0 aromatic rings. The fourth-order valence-electron chi connectivity index (χ4n) is 2.23. The maximum atomic E-state index is 11.7. The van der Waals surface area contributed by atoms with Crippen LogP contribution in [0.25, 0.3) is 0 Å². The summed E-state index contributed by atoms with van der Waals surface area (Å²) in [6.45, 7) is 4.90. The Kier molecular flexibility index (Phi) is 4.87. The van der Waals surface area contributed by atoms with E-state index in [2.05, 4.69) is 17.6 Å². The van der Waals surface area contributed by atoms with Gasteiger partial charge in [-0.2, -0.15) is 0 Å². The lowest BCUT2D eigenvalue weighted by Crippen LogP contribution is -2.38. The maximum Gasteiger partial charge on any atom is 0.224 e. The molecule has 1 saturated heterocycles. The van der Waals surface area contributed by atoms with E-state index in [9.17, 15) is 4.79 Å². The Morgan fingerprint density at radius 2 is 2.13 bits per heavy atom. The van der Waals surface area contributed by atoms with Crippen LogP contribution >= 0.6 is 12.4 Å². The molecule has 15 heavy (non-hydrogen) atoms. The molecule has 4 heteroatoms. The van der Waals surface area contributed by atoms with Gasteiger partial charge in [0.1, 0.15) is 0 Å². The molecule has 2 atom stereocenters. The van der Waals surface area contributed by atoms with Gasteiger partial charge in [-0.15, -0.1) is 12.4 Å². The predicted molar refractivity (Wildman–Crippen MR) is 63.1 cm³/mol. The molecule has 2 rings (SSSR count). The first-order valence-electron chi connectivity index (χ1n) is 5.76. The highest BCUT2D eigenvalue weighted by atomic mass is 35.5. The smallest absolute Gasteiger partial charge is 0.224 e. The lowest BCUT2D eigenvalue weighted by Gasteiger charge is -2.26. The van der Waals surface area contributed by atoms with Crippen molar-refractivity contribution in [1.29, 1.82) is 0 Å². The van der Waals surface area contributed by atoms with Gasteiger partial charge in [-0.3, -0.25) is 4.79 Å². The fraction of sp³-hybridized carbons (Fsp3) is 0.909. The van der Waals surface area contributed by atoms with Gasteiger partial charge in [-0.25, -0.2) is 0 Å². The van der Waals surface area contributed by atoms with E-state index in [0.717, 1.165) is 25.6 Å². The van der Waals surface area contributed by atoms with Crippen LogP contribution in [0.3, 0.4) is 0 Å². The monoisotopic (exact) mass is 232 g/mol. The van der Waals surface area contributed by atoms with Gasteiger partial charge in [0.05, 0.1) is 5.92 Å². The first kappa shape index (κ1) is 12.8. The van der Waals surface area contributed by atoms with Crippen LogP contribution in [0.5, 0.6) is 0 Å². The third-order valence-electron chi connectivity index (χ3n) is 3.64. The molecule has 2 aliphatic rings. The molecule has 1 saturated carbocycles. The largest absolute Gasteiger partial charge is 0.356 e. The number of hydrogen-bond acceptors (Lipinski definition) is 2. The van der Waals surface area contributed by atoms with Crippen molar-refractivity contribution in [2.75, 3.05) is 19.6 Å². The van der Waals surface area contributed by atoms with Gasteiger partial charge >= 0.3 is 0 Å². The third kappa shape index (κ3) is 3.08. The summed E-state index contributed by atoms with van der Waals surface area (Å²) in [5, 5.41) is 6.34. The van der Waals surface area contributed by atoms with Crippen molar-refractivity contribution < 1.29 is 4.79 Å². The van der Waals surface area contributed by atoms with E-state index in [0.29, 0.717) is 5.92 Å². The zero-order valence-corrected chi connectivity index (χ0v) is 10.1. The lowest BCUT2D eigenvalue weighted by molar-refractivity contribution is -0.125. The Hall–Kier alpha value is -0.280. The molecule has 3 nitrogen and oxygen atoms in total. The average Bonchev–Trinajstić information content (AvgIpc) is 2.48. The quantitative estimate of drug-likeness (QED) is 0.768. The van der Waals surface area contributed by atoms with E-state index in [-0.39, 0.29) is 24.2 Å². The lowest BCUT2D eigenvalue weighted by atomic mass is 9.85. The summed E-state index contributed by atoms with van der Waals surface area (Å²) in [4.78, 5) is 11.7. The molecule has 1 heterocycles. The minimum Gasteiger partial charge on any atom is -0.356 e. The van der Waals surface area contributed by atoms with Crippen LogP contribution in [0.2, 0.25) is 0 Å². The van der Waals surface area contributed by atoms with Gasteiger partial charge in [-0.05, 0) is 31.2 Å². The number of amides is 1. The number of nitrogens with one attached hydrogen (secondary N) is 2. The standard InChI is InChI=1S/C11H20N2O.ClH/c1-8-5-12-7-10(8)11(14)13-6-9-3-2-4-9;/h8-10,12H,2-7H2,1H3,(H,13,14);1H/t8-,10-;/m1./s1. The number of carbonyl (C=O) groups excluding carboxylic acids is 1. The van der Waals surface area contributed by atoms with Crippen molar-refractivity contribution in [1.82, 2.24) is 10.6 Å². The van der Waals surface area contributed by atoms with E-state index in [4.69, 9.17) is 0 Å². The first-order chi connectivity index (χ1) is 6.77. The minimum absolute atomic E-state index is 0. The number of rotatable bonds is 3. The summed E-state index contributed by atoms with van der Waals surface area (Å²) < 4.78 is 0. The van der Waals surface area contributed by atoms with E-state index in [1.54, 1.807) is 0 Å². The molecule has 1 aliphatic carbocycles. The topological polar surface area (TPSA) is 41.1 Å². The van der Waals surface area contributed by atoms with Crippen molar-refractivity contribution in [3.8, 4) is 0 Å². The van der Waals surface area contributed by atoms with Crippen LogP contribution in [0, 0.1) is 17.8 Å². The molecule has 0 spiro atoms. The Labute approximate surface area is 97.8 Å². The molecular formula is C11H21ClN2O. The minimum atomic E-state index is 0. The molecule has 0 aromatic carbocycles. The van der Waals surface area contributed by atoms with Crippen molar-refractivity contribution in [2.45, 2.75) is 26.2 Å². The highest BCUT2D eigenvalue weighted by Crippen LogP contribution is 2.25. The van der Waals surface area contributed by atoms with Gasteiger partial charge in [0.2, 0.25) is 5.91 Å². The number of hydrogen-bond donors (Lipinski definition) is 2. The highest BCUT2D eigenvalue weighted by Gasteiger charge is 2.30. The van der Waals surface area contributed by atoms with Crippen LogP contribution in [-0.4, -0.2) is 25.5 Å². The summed E-state index contributed by atoms with van der Waals surface area (Å²) in [5.41, 5.74) is 0. The second kappa shape index (κ2) is 5.71. The Morgan fingerprint density at radius 1 is 1.40 bits per heavy atom. The molecule has 2 fully saturated rings. The van der Waals surface area contributed by atoms with Gasteiger partial charge in [0.15, 0.2) is 0 Å². The maximum absolute atomic E-state index is 11.7. The number of halogens is 1. The molecule has 88 valence electrons. The Morgan fingerprint density at radius 3 is 2.60 bits per heavy atom. The van der Waals surface area contributed by atoms with Gasteiger partial charge in [0, 0.05) is 13.1 Å². The summed E-state index contributed by atoms with van der Waals surface area (Å²) in [6, 6.07) is 0. The van der Waals surface area contributed by atoms with Crippen molar-refractivity contribution in [2.24, 2.45) is 17.8 Å². The van der Waals surface area contributed by atoms with Crippen molar-refractivity contribution >= 4 is 18.3 Å². The second-order valence-corrected chi connectivity index (χ2v) is 4.78. The van der Waals surface area contributed by atoms with E-state index in [1.165, 1.54) is 19.3 Å². The van der Waals surface area contributed by atoms with Crippen LogP contribution in [0.15, 0.2) is 0 Å². The molecule has 0 bridgehead atoms. The van der Waals surface area contributed by atoms with Crippen molar-refractivity contribution in [3.63, 3.8) is 0 Å². The third-order valence-corrected chi connectivity index (χ3v) is 3.64. The molecular weight excluding hydrogens is 212 g/mol. The second-order valence-electron chi connectivity index (χ2n) is 4.78.